The lowest BCUT2D eigenvalue weighted by Gasteiger charge is -2.09. The van der Waals surface area contributed by atoms with Gasteiger partial charge in [0.25, 0.3) is 0 Å². The van der Waals surface area contributed by atoms with E-state index >= 15 is 0 Å². The monoisotopic (exact) mass is 263 g/mol. The fourth-order valence-corrected chi connectivity index (χ4v) is 2.22. The lowest BCUT2D eigenvalue weighted by Crippen LogP contribution is -1.98. The molecule has 1 aromatic carbocycles. The van der Waals surface area contributed by atoms with Crippen molar-refractivity contribution in [1.82, 2.24) is 14.5 Å². The summed E-state index contributed by atoms with van der Waals surface area (Å²) in [6, 6.07) is 14.4. The molecule has 0 aliphatic carbocycles. The van der Waals surface area contributed by atoms with Crippen LogP contribution in [0.1, 0.15) is 25.3 Å². The number of nitrogens with zero attached hydrogens (tertiary/aromatic N) is 3. The van der Waals surface area contributed by atoms with Crippen molar-refractivity contribution in [1.29, 1.82) is 0 Å². The molecule has 2 aromatic heterocycles. The third kappa shape index (κ3) is 2.35. The zero-order chi connectivity index (χ0) is 13.9. The molecule has 3 aromatic rings. The van der Waals surface area contributed by atoms with Crippen molar-refractivity contribution in [2.24, 2.45) is 0 Å². The minimum atomic E-state index is 0.541. The van der Waals surface area contributed by atoms with Crippen molar-refractivity contribution in [3.63, 3.8) is 0 Å². The van der Waals surface area contributed by atoms with Crippen molar-refractivity contribution < 1.29 is 0 Å². The van der Waals surface area contributed by atoms with Gasteiger partial charge in [0.1, 0.15) is 11.6 Å². The summed E-state index contributed by atoms with van der Waals surface area (Å²) in [7, 11) is 0. The summed E-state index contributed by atoms with van der Waals surface area (Å²) in [6.45, 7) is 4.40. The molecule has 100 valence electrons. The van der Waals surface area contributed by atoms with Crippen molar-refractivity contribution in [2.45, 2.75) is 19.8 Å². The average Bonchev–Trinajstić information content (AvgIpc) is 2.97. The van der Waals surface area contributed by atoms with Crippen molar-refractivity contribution >= 4 is 0 Å². The summed E-state index contributed by atoms with van der Waals surface area (Å²) in [4.78, 5) is 8.84. The molecule has 0 saturated carbocycles. The molecule has 3 rings (SSSR count). The van der Waals surface area contributed by atoms with Gasteiger partial charge < -0.3 is 0 Å². The van der Waals surface area contributed by atoms with Gasteiger partial charge in [0.05, 0.1) is 0 Å². The summed E-state index contributed by atoms with van der Waals surface area (Å²) in [5.74, 6) is 2.34. The van der Waals surface area contributed by atoms with Gasteiger partial charge in [-0.1, -0.05) is 44.2 Å². The van der Waals surface area contributed by atoms with Crippen molar-refractivity contribution in [3.8, 4) is 17.2 Å². The number of rotatable bonds is 3. The van der Waals surface area contributed by atoms with E-state index in [1.54, 1.807) is 12.4 Å². The third-order valence-electron chi connectivity index (χ3n) is 3.37. The highest BCUT2D eigenvalue weighted by molar-refractivity contribution is 5.58. The average molecular weight is 263 g/mol. The van der Waals surface area contributed by atoms with Gasteiger partial charge >= 0.3 is 0 Å². The van der Waals surface area contributed by atoms with Gasteiger partial charge in [-0.3, -0.25) is 4.57 Å². The normalized spacial score (nSPS) is 10.9. The first-order valence-corrected chi connectivity index (χ1v) is 6.81. The van der Waals surface area contributed by atoms with Crippen molar-refractivity contribution in [3.05, 3.63) is 66.6 Å². The van der Waals surface area contributed by atoms with Gasteiger partial charge in [0.2, 0.25) is 0 Å². The highest BCUT2D eigenvalue weighted by Crippen LogP contribution is 2.23. The van der Waals surface area contributed by atoms with Crippen LogP contribution in [0.25, 0.3) is 17.2 Å². The highest BCUT2D eigenvalue weighted by Gasteiger charge is 2.08. The first-order chi connectivity index (χ1) is 9.75. The van der Waals surface area contributed by atoms with E-state index < -0.39 is 0 Å². The fraction of sp³-hybridized carbons (Fsp3) is 0.176. The molecule has 0 atom stereocenters. The molecular formula is C17H17N3. The molecule has 0 bridgehead atoms. The van der Waals surface area contributed by atoms with Crippen LogP contribution < -0.4 is 0 Å². The number of aromatic nitrogens is 3. The van der Waals surface area contributed by atoms with E-state index in [2.05, 4.69) is 48.1 Å². The van der Waals surface area contributed by atoms with Crippen LogP contribution in [0.15, 0.2) is 61.1 Å². The molecule has 3 heteroatoms. The highest BCUT2D eigenvalue weighted by atomic mass is 15.1. The smallest absolute Gasteiger partial charge is 0.145 e. The van der Waals surface area contributed by atoms with Crippen LogP contribution in [0.3, 0.4) is 0 Å². The Balaban J connectivity index is 2.01. The predicted octanol–water partition coefficient (Wildman–Crippen LogP) is 4.06. The maximum Gasteiger partial charge on any atom is 0.145 e. The lowest BCUT2D eigenvalue weighted by atomic mass is 10.0. The maximum absolute atomic E-state index is 4.46. The molecule has 2 heterocycles. The quantitative estimate of drug-likeness (QED) is 0.713. The van der Waals surface area contributed by atoms with E-state index in [-0.39, 0.29) is 0 Å². The van der Waals surface area contributed by atoms with E-state index in [1.165, 1.54) is 5.56 Å². The number of pyridine rings is 1. The number of imidazole rings is 1. The van der Waals surface area contributed by atoms with Gasteiger partial charge in [0.15, 0.2) is 0 Å². The zero-order valence-electron chi connectivity index (χ0n) is 11.7. The van der Waals surface area contributed by atoms with Gasteiger partial charge in [-0.05, 0) is 23.6 Å². The first-order valence-electron chi connectivity index (χ1n) is 6.81. The zero-order valence-corrected chi connectivity index (χ0v) is 11.7. The van der Waals surface area contributed by atoms with Crippen LogP contribution in [0.4, 0.5) is 0 Å². The molecule has 0 aliphatic rings. The second-order valence-electron chi connectivity index (χ2n) is 5.09. The molecule has 0 spiro atoms. The molecule has 0 N–H and O–H groups in total. The molecular weight excluding hydrogens is 246 g/mol. The fourth-order valence-electron chi connectivity index (χ4n) is 2.22. The summed E-state index contributed by atoms with van der Waals surface area (Å²) in [5, 5.41) is 0. The van der Waals surface area contributed by atoms with Gasteiger partial charge in [-0.2, -0.15) is 0 Å². The molecule has 0 amide bonds. The van der Waals surface area contributed by atoms with Gasteiger partial charge in [-0.15, -0.1) is 0 Å². The van der Waals surface area contributed by atoms with Crippen LogP contribution >= 0.6 is 0 Å². The first kappa shape index (κ1) is 12.6. The van der Waals surface area contributed by atoms with Crippen LogP contribution in [0.5, 0.6) is 0 Å². The summed E-state index contributed by atoms with van der Waals surface area (Å²) >= 11 is 0. The Hall–Kier alpha value is -2.42. The van der Waals surface area contributed by atoms with Crippen LogP contribution in [0, 0.1) is 0 Å². The molecule has 0 fully saturated rings. The minimum Gasteiger partial charge on any atom is -0.284 e. The molecule has 0 saturated heterocycles. The van der Waals surface area contributed by atoms with E-state index in [0.29, 0.717) is 5.92 Å². The molecule has 0 unspecified atom stereocenters. The Morgan fingerprint density at radius 2 is 1.70 bits per heavy atom. The SMILES string of the molecule is CC(C)c1ccc(-c2nccn2-c2ccccn2)cc1. The largest absolute Gasteiger partial charge is 0.284 e. The number of hydrogen-bond acceptors (Lipinski definition) is 2. The number of benzene rings is 1. The Kier molecular flexibility index (Phi) is 3.33. The standard InChI is InChI=1S/C17H17N3/c1-13(2)14-6-8-15(9-7-14)17-19-11-12-20(17)16-5-3-4-10-18-16/h3-13H,1-2H3. The minimum absolute atomic E-state index is 0.541. The van der Waals surface area contributed by atoms with Crippen LogP contribution in [-0.4, -0.2) is 14.5 Å². The van der Waals surface area contributed by atoms with E-state index in [9.17, 15) is 0 Å². The van der Waals surface area contributed by atoms with E-state index in [1.807, 2.05) is 29.0 Å². The summed E-state index contributed by atoms with van der Waals surface area (Å²) < 4.78 is 2.00. The molecule has 3 nitrogen and oxygen atoms in total. The van der Waals surface area contributed by atoms with Crippen LogP contribution in [0.2, 0.25) is 0 Å². The summed E-state index contributed by atoms with van der Waals surface area (Å²) in [6.07, 6.45) is 5.54. The Morgan fingerprint density at radius 3 is 2.35 bits per heavy atom. The Labute approximate surface area is 118 Å². The van der Waals surface area contributed by atoms with Gasteiger partial charge in [0, 0.05) is 24.2 Å². The Morgan fingerprint density at radius 1 is 0.900 bits per heavy atom. The molecule has 0 radical (unpaired) electrons. The predicted molar refractivity (Wildman–Crippen MR) is 80.9 cm³/mol. The van der Waals surface area contributed by atoms with Crippen molar-refractivity contribution in [2.75, 3.05) is 0 Å². The molecule has 20 heavy (non-hydrogen) atoms. The third-order valence-corrected chi connectivity index (χ3v) is 3.37. The maximum atomic E-state index is 4.46. The lowest BCUT2D eigenvalue weighted by molar-refractivity contribution is 0.866. The Bertz CT molecular complexity index is 682. The molecule has 0 aliphatic heterocycles. The van der Waals surface area contributed by atoms with E-state index in [4.69, 9.17) is 0 Å². The van der Waals surface area contributed by atoms with E-state index in [0.717, 1.165) is 17.2 Å². The van der Waals surface area contributed by atoms with Crippen LogP contribution in [-0.2, 0) is 0 Å². The van der Waals surface area contributed by atoms with Gasteiger partial charge in [-0.25, -0.2) is 9.97 Å². The summed E-state index contributed by atoms with van der Waals surface area (Å²) in [5.41, 5.74) is 2.44. The second kappa shape index (κ2) is 5.29. The topological polar surface area (TPSA) is 30.7 Å². The second-order valence-corrected chi connectivity index (χ2v) is 5.09. The number of hydrogen-bond donors (Lipinski definition) is 0.